The van der Waals surface area contributed by atoms with Gasteiger partial charge in [-0.2, -0.15) is 0 Å². The number of thioether (sulfide) groups is 1. The van der Waals surface area contributed by atoms with Gasteiger partial charge in [0.1, 0.15) is 23.6 Å². The Morgan fingerprint density at radius 1 is 1.19 bits per heavy atom. The van der Waals surface area contributed by atoms with Gasteiger partial charge in [0.05, 0.1) is 13.2 Å². The zero-order valence-corrected chi connectivity index (χ0v) is 19.3. The second-order valence-corrected chi connectivity index (χ2v) is 11.2. The van der Waals surface area contributed by atoms with Crippen molar-refractivity contribution in [3.63, 3.8) is 0 Å². The van der Waals surface area contributed by atoms with Crippen LogP contribution in [0.2, 0.25) is 0 Å². The van der Waals surface area contributed by atoms with E-state index in [9.17, 15) is 14.4 Å². The van der Waals surface area contributed by atoms with E-state index in [1.807, 2.05) is 44.2 Å². The van der Waals surface area contributed by atoms with E-state index in [1.54, 1.807) is 21.6 Å². The molecule has 5 atom stereocenters. The summed E-state index contributed by atoms with van der Waals surface area (Å²) in [5.74, 6) is -0.0967. The predicted octanol–water partition coefficient (Wildman–Crippen LogP) is 2.99. The predicted molar refractivity (Wildman–Crippen MR) is 120 cm³/mol. The van der Waals surface area contributed by atoms with Crippen LogP contribution < -0.4 is 0 Å². The number of hydrogen-bond donors (Lipinski definition) is 0. The Labute approximate surface area is 192 Å². The monoisotopic (exact) mass is 456 g/mol. The molecular weight excluding hydrogens is 428 g/mol. The second-order valence-electron chi connectivity index (χ2n) is 9.46. The van der Waals surface area contributed by atoms with Crippen LogP contribution in [0.3, 0.4) is 0 Å². The van der Waals surface area contributed by atoms with E-state index >= 15 is 0 Å². The summed E-state index contributed by atoms with van der Waals surface area (Å²) in [5.41, 5.74) is 1.08. The minimum Gasteiger partial charge on any atom is -0.467 e. The standard InChI is InChI=1S/C24H28N2O5S/c1-24(2)19(22(28)30-3)26-20(27)18(21(26)32-24)25-16(12-11-14-9-10-14)17(31-23(25)29)13-15-7-5-4-6-8-15/h4-8,11-12,14,16-19,21H,9-10,13H2,1-3H3/b12-11+/t16-,17+,18-,19+,21-/m1/s1. The minimum absolute atomic E-state index is 0.217. The zero-order chi connectivity index (χ0) is 22.6. The maximum Gasteiger partial charge on any atom is 0.411 e. The summed E-state index contributed by atoms with van der Waals surface area (Å²) in [6, 6.07) is 8.31. The van der Waals surface area contributed by atoms with Gasteiger partial charge in [0, 0.05) is 11.2 Å². The highest BCUT2D eigenvalue weighted by molar-refractivity contribution is 8.01. The Bertz CT molecular complexity index is 960. The van der Waals surface area contributed by atoms with Crippen molar-refractivity contribution in [1.29, 1.82) is 0 Å². The Hall–Kier alpha value is -2.48. The van der Waals surface area contributed by atoms with Gasteiger partial charge in [0.15, 0.2) is 0 Å². The van der Waals surface area contributed by atoms with E-state index in [2.05, 4.69) is 12.2 Å². The molecule has 0 N–H and O–H groups in total. The van der Waals surface area contributed by atoms with Crippen LogP contribution in [0.4, 0.5) is 4.79 Å². The molecule has 4 fully saturated rings. The van der Waals surface area contributed by atoms with E-state index in [4.69, 9.17) is 9.47 Å². The third kappa shape index (κ3) is 3.49. The summed E-state index contributed by atoms with van der Waals surface area (Å²) in [6.45, 7) is 3.87. The number of fused-ring (bicyclic) bond motifs is 1. The van der Waals surface area contributed by atoms with Crippen molar-refractivity contribution < 1.29 is 23.9 Å². The lowest BCUT2D eigenvalue weighted by Crippen LogP contribution is -2.71. The second kappa shape index (κ2) is 7.83. The average Bonchev–Trinajstić information content (AvgIpc) is 3.50. The number of amides is 2. The van der Waals surface area contributed by atoms with Crippen molar-refractivity contribution in [2.24, 2.45) is 5.92 Å². The van der Waals surface area contributed by atoms with Gasteiger partial charge in [-0.1, -0.05) is 42.5 Å². The van der Waals surface area contributed by atoms with Gasteiger partial charge in [0.25, 0.3) is 0 Å². The molecule has 8 heteroatoms. The Morgan fingerprint density at radius 3 is 2.56 bits per heavy atom. The number of rotatable bonds is 6. The number of allylic oxidation sites excluding steroid dienone is 1. The summed E-state index contributed by atoms with van der Waals surface area (Å²) in [4.78, 5) is 41.9. The molecule has 0 spiro atoms. The maximum absolute atomic E-state index is 13.3. The van der Waals surface area contributed by atoms with Gasteiger partial charge in [0.2, 0.25) is 5.91 Å². The lowest BCUT2D eigenvalue weighted by Gasteiger charge is -2.47. The maximum atomic E-state index is 13.3. The molecule has 3 saturated heterocycles. The molecular formula is C24H28N2O5S. The molecule has 0 unspecified atom stereocenters. The molecule has 3 heterocycles. The third-order valence-corrected chi connectivity index (χ3v) is 8.34. The normalized spacial score (nSPS) is 33.3. The van der Waals surface area contributed by atoms with E-state index in [-0.39, 0.29) is 23.4 Å². The van der Waals surface area contributed by atoms with E-state index in [1.165, 1.54) is 7.11 Å². The van der Waals surface area contributed by atoms with Crippen molar-refractivity contribution in [2.75, 3.05) is 7.11 Å². The summed E-state index contributed by atoms with van der Waals surface area (Å²) in [5, 5.41) is -0.290. The highest BCUT2D eigenvalue weighted by atomic mass is 32.2. The molecule has 4 aliphatic rings. The van der Waals surface area contributed by atoms with Crippen LogP contribution in [0.25, 0.3) is 0 Å². The molecule has 3 aliphatic heterocycles. The molecule has 1 aliphatic carbocycles. The first kappa shape index (κ1) is 21.4. The van der Waals surface area contributed by atoms with Gasteiger partial charge in [-0.05, 0) is 38.2 Å². The summed E-state index contributed by atoms with van der Waals surface area (Å²) < 4.78 is 10.3. The van der Waals surface area contributed by atoms with Crippen LogP contribution in [0.5, 0.6) is 0 Å². The molecule has 0 radical (unpaired) electrons. The van der Waals surface area contributed by atoms with Crippen molar-refractivity contribution in [2.45, 2.75) is 67.5 Å². The third-order valence-electron chi connectivity index (χ3n) is 6.78. The first-order valence-electron chi connectivity index (χ1n) is 11.1. The van der Waals surface area contributed by atoms with Crippen LogP contribution in [-0.4, -0.2) is 69.2 Å². The minimum atomic E-state index is -0.662. The fourth-order valence-electron chi connectivity index (χ4n) is 4.99. The highest BCUT2D eigenvalue weighted by Gasteiger charge is 2.67. The largest absolute Gasteiger partial charge is 0.467 e. The van der Waals surface area contributed by atoms with Gasteiger partial charge >= 0.3 is 12.1 Å². The number of β-lactam (4-membered cyclic amide) rings is 1. The SMILES string of the molecule is COC(=O)[C@@H]1N2C(=O)[C@@H](N3C(=O)O[C@@H](Cc4ccccc4)[C@H]3/C=C/C3CC3)[C@H]2SC1(C)C. The average molecular weight is 457 g/mol. The van der Waals surface area contributed by atoms with E-state index in [0.29, 0.717) is 12.3 Å². The number of benzene rings is 1. The lowest BCUT2D eigenvalue weighted by atomic mass is 9.93. The number of hydrogen-bond acceptors (Lipinski definition) is 6. The molecule has 0 aromatic heterocycles. The van der Waals surface area contributed by atoms with Gasteiger partial charge in [-0.3, -0.25) is 9.69 Å². The lowest BCUT2D eigenvalue weighted by molar-refractivity contribution is -0.165. The quantitative estimate of drug-likeness (QED) is 0.372. The molecule has 7 nitrogen and oxygen atoms in total. The van der Waals surface area contributed by atoms with Crippen molar-refractivity contribution in [1.82, 2.24) is 9.80 Å². The molecule has 0 bridgehead atoms. The fraction of sp³-hybridized carbons (Fsp3) is 0.542. The highest BCUT2D eigenvalue weighted by Crippen LogP contribution is 2.53. The van der Waals surface area contributed by atoms with Crippen LogP contribution in [-0.2, 0) is 25.5 Å². The number of esters is 1. The number of cyclic esters (lactones) is 1. The summed E-state index contributed by atoms with van der Waals surface area (Å²) in [6.07, 6.45) is 6.28. The van der Waals surface area contributed by atoms with Gasteiger partial charge < -0.3 is 14.4 Å². The molecule has 170 valence electrons. The zero-order valence-electron chi connectivity index (χ0n) is 18.5. The molecule has 1 saturated carbocycles. The van der Waals surface area contributed by atoms with Crippen LogP contribution in [0.15, 0.2) is 42.5 Å². The number of carbonyl (C=O) groups excluding carboxylic acids is 3. The summed E-state index contributed by atoms with van der Waals surface area (Å²) in [7, 11) is 1.34. The molecule has 1 aromatic rings. The topological polar surface area (TPSA) is 76.2 Å². The Kier molecular flexibility index (Phi) is 5.23. The van der Waals surface area contributed by atoms with Gasteiger partial charge in [-0.25, -0.2) is 9.59 Å². The van der Waals surface area contributed by atoms with Crippen LogP contribution in [0, 0.1) is 5.92 Å². The van der Waals surface area contributed by atoms with Gasteiger partial charge in [-0.15, -0.1) is 11.8 Å². The summed E-state index contributed by atoms with van der Waals surface area (Å²) >= 11 is 1.54. The van der Waals surface area contributed by atoms with E-state index < -0.39 is 28.9 Å². The Morgan fingerprint density at radius 2 is 1.91 bits per heavy atom. The van der Waals surface area contributed by atoms with Crippen molar-refractivity contribution >= 4 is 29.7 Å². The van der Waals surface area contributed by atoms with E-state index in [0.717, 1.165) is 18.4 Å². The van der Waals surface area contributed by atoms with Crippen molar-refractivity contribution in [3.05, 3.63) is 48.0 Å². The molecule has 5 rings (SSSR count). The molecule has 32 heavy (non-hydrogen) atoms. The number of carbonyl (C=O) groups is 3. The van der Waals surface area contributed by atoms with Crippen LogP contribution >= 0.6 is 11.8 Å². The number of methoxy groups -OCH3 is 1. The Balaban J connectivity index is 1.42. The van der Waals surface area contributed by atoms with Crippen molar-refractivity contribution in [3.8, 4) is 0 Å². The first-order chi connectivity index (χ1) is 15.3. The number of nitrogens with zero attached hydrogens (tertiary/aromatic N) is 2. The smallest absolute Gasteiger partial charge is 0.411 e. The fourth-order valence-corrected chi connectivity index (χ4v) is 6.66. The molecule has 1 aromatic carbocycles. The number of ether oxygens (including phenoxy) is 2. The van der Waals surface area contributed by atoms with Crippen LogP contribution in [0.1, 0.15) is 32.3 Å². The molecule has 2 amide bonds. The first-order valence-corrected chi connectivity index (χ1v) is 12.0.